The van der Waals surface area contributed by atoms with Gasteiger partial charge in [0.1, 0.15) is 0 Å². The molecule has 0 atom stereocenters. The minimum atomic E-state index is -0.141. The van der Waals surface area contributed by atoms with Crippen LogP contribution >= 0.6 is 0 Å². The van der Waals surface area contributed by atoms with Gasteiger partial charge in [-0.05, 0) is 51.7 Å². The predicted molar refractivity (Wildman–Crippen MR) is 106 cm³/mol. The van der Waals surface area contributed by atoms with Crippen molar-refractivity contribution in [2.75, 3.05) is 32.8 Å². The van der Waals surface area contributed by atoms with Crippen LogP contribution in [0.5, 0.6) is 0 Å². The van der Waals surface area contributed by atoms with Gasteiger partial charge in [0, 0.05) is 37.7 Å². The van der Waals surface area contributed by atoms with Crippen molar-refractivity contribution in [3.8, 4) is 0 Å². The Morgan fingerprint density at radius 1 is 0.893 bits per heavy atom. The van der Waals surface area contributed by atoms with Crippen LogP contribution in [0.25, 0.3) is 0 Å². The van der Waals surface area contributed by atoms with Crippen LogP contribution in [0.2, 0.25) is 0 Å². The van der Waals surface area contributed by atoms with Gasteiger partial charge >= 0.3 is 5.97 Å². The van der Waals surface area contributed by atoms with Crippen molar-refractivity contribution in [1.82, 2.24) is 9.80 Å². The molecule has 2 amide bonds. The van der Waals surface area contributed by atoms with Crippen LogP contribution in [0, 0.1) is 18.8 Å². The summed E-state index contributed by atoms with van der Waals surface area (Å²) in [5, 5.41) is 0. The molecule has 0 saturated carbocycles. The van der Waals surface area contributed by atoms with Gasteiger partial charge < -0.3 is 14.5 Å². The fraction of sp³-hybridized carbons (Fsp3) is 0.591. The molecule has 6 nitrogen and oxygen atoms in total. The van der Waals surface area contributed by atoms with Gasteiger partial charge in [-0.15, -0.1) is 0 Å². The normalized spacial score (nSPS) is 18.8. The Kier molecular flexibility index (Phi) is 6.70. The lowest BCUT2D eigenvalue weighted by Crippen LogP contribution is -2.47. The monoisotopic (exact) mass is 386 g/mol. The number of benzene rings is 1. The Morgan fingerprint density at radius 2 is 1.43 bits per heavy atom. The maximum atomic E-state index is 12.8. The molecule has 0 spiro atoms. The number of carbonyl (C=O) groups is 3. The van der Waals surface area contributed by atoms with Gasteiger partial charge in [0.05, 0.1) is 12.5 Å². The van der Waals surface area contributed by atoms with Gasteiger partial charge in [-0.3, -0.25) is 14.4 Å². The van der Waals surface area contributed by atoms with Gasteiger partial charge in [0.25, 0.3) is 5.91 Å². The average Bonchev–Trinajstić information content (AvgIpc) is 2.74. The van der Waals surface area contributed by atoms with E-state index in [1.165, 1.54) is 0 Å². The lowest BCUT2D eigenvalue weighted by Gasteiger charge is -2.37. The summed E-state index contributed by atoms with van der Waals surface area (Å²) in [6.45, 7) is 6.67. The average molecular weight is 386 g/mol. The van der Waals surface area contributed by atoms with Gasteiger partial charge in [-0.1, -0.05) is 17.7 Å². The summed E-state index contributed by atoms with van der Waals surface area (Å²) in [5.41, 5.74) is 1.84. The van der Waals surface area contributed by atoms with Crippen LogP contribution in [0.15, 0.2) is 24.3 Å². The summed E-state index contributed by atoms with van der Waals surface area (Å²) in [6.07, 6.45) is 2.76. The molecule has 152 valence electrons. The standard InChI is InChI=1S/C22H30N2O4/c1-3-28-22(27)19-10-14-24(15-11-19)21(26)18-8-12-23(13-9-18)20(25)17-6-4-16(2)5-7-17/h4-7,18-19H,3,8-15H2,1-2H3. The van der Waals surface area contributed by atoms with E-state index in [4.69, 9.17) is 4.74 Å². The highest BCUT2D eigenvalue weighted by Gasteiger charge is 2.33. The van der Waals surface area contributed by atoms with E-state index in [0.717, 1.165) is 5.56 Å². The molecule has 3 rings (SSSR count). The second-order valence-corrected chi connectivity index (χ2v) is 7.78. The molecule has 0 radical (unpaired) electrons. The summed E-state index contributed by atoms with van der Waals surface area (Å²) < 4.78 is 5.09. The molecule has 2 fully saturated rings. The van der Waals surface area contributed by atoms with Gasteiger partial charge in [0.15, 0.2) is 0 Å². The number of piperidine rings is 2. The molecule has 2 aliphatic rings. The number of amides is 2. The zero-order valence-electron chi connectivity index (χ0n) is 16.9. The van der Waals surface area contributed by atoms with E-state index in [2.05, 4.69) is 0 Å². The molecular formula is C22H30N2O4. The van der Waals surface area contributed by atoms with E-state index in [9.17, 15) is 14.4 Å². The number of ether oxygens (including phenoxy) is 1. The van der Waals surface area contributed by atoms with Crippen LogP contribution in [0.4, 0.5) is 0 Å². The number of likely N-dealkylation sites (tertiary alicyclic amines) is 2. The second kappa shape index (κ2) is 9.22. The second-order valence-electron chi connectivity index (χ2n) is 7.78. The number of aryl methyl sites for hydroxylation is 1. The molecule has 0 aliphatic carbocycles. The minimum Gasteiger partial charge on any atom is -0.466 e. The third-order valence-corrected chi connectivity index (χ3v) is 5.86. The topological polar surface area (TPSA) is 66.9 Å². The fourth-order valence-electron chi connectivity index (χ4n) is 4.06. The molecule has 2 saturated heterocycles. The SMILES string of the molecule is CCOC(=O)C1CCN(C(=O)C2CCN(C(=O)c3ccc(C)cc3)CC2)CC1. The molecule has 1 aromatic carbocycles. The number of esters is 1. The molecule has 6 heteroatoms. The van der Waals surface area contributed by atoms with E-state index in [-0.39, 0.29) is 29.6 Å². The first-order chi connectivity index (χ1) is 13.5. The van der Waals surface area contributed by atoms with Crippen molar-refractivity contribution in [3.05, 3.63) is 35.4 Å². The molecule has 0 aromatic heterocycles. The largest absolute Gasteiger partial charge is 0.466 e. The zero-order valence-corrected chi connectivity index (χ0v) is 16.9. The van der Waals surface area contributed by atoms with Gasteiger partial charge in [-0.25, -0.2) is 0 Å². The molecule has 0 bridgehead atoms. The number of hydrogen-bond acceptors (Lipinski definition) is 4. The van der Waals surface area contributed by atoms with E-state index >= 15 is 0 Å². The van der Waals surface area contributed by atoms with Crippen molar-refractivity contribution < 1.29 is 19.1 Å². The van der Waals surface area contributed by atoms with Crippen LogP contribution in [0.3, 0.4) is 0 Å². The molecule has 2 aliphatic heterocycles. The molecule has 0 N–H and O–H groups in total. The predicted octanol–water partition coefficient (Wildman–Crippen LogP) is 2.65. The number of hydrogen-bond donors (Lipinski definition) is 0. The first-order valence-corrected chi connectivity index (χ1v) is 10.3. The van der Waals surface area contributed by atoms with Crippen molar-refractivity contribution in [3.63, 3.8) is 0 Å². The molecule has 2 heterocycles. The highest BCUT2D eigenvalue weighted by atomic mass is 16.5. The number of carbonyl (C=O) groups excluding carboxylic acids is 3. The quantitative estimate of drug-likeness (QED) is 0.746. The Morgan fingerprint density at radius 3 is 2.00 bits per heavy atom. The summed E-state index contributed by atoms with van der Waals surface area (Å²) in [6, 6.07) is 7.62. The highest BCUT2D eigenvalue weighted by Crippen LogP contribution is 2.25. The third kappa shape index (κ3) is 4.72. The summed E-state index contributed by atoms with van der Waals surface area (Å²) in [4.78, 5) is 41.1. The van der Waals surface area contributed by atoms with E-state index in [0.29, 0.717) is 64.0 Å². The van der Waals surface area contributed by atoms with Crippen LogP contribution in [-0.4, -0.2) is 60.4 Å². The summed E-state index contributed by atoms with van der Waals surface area (Å²) in [7, 11) is 0. The van der Waals surface area contributed by atoms with Crippen LogP contribution < -0.4 is 0 Å². The third-order valence-electron chi connectivity index (χ3n) is 5.86. The Hall–Kier alpha value is -2.37. The molecule has 0 unspecified atom stereocenters. The lowest BCUT2D eigenvalue weighted by atomic mass is 9.92. The zero-order chi connectivity index (χ0) is 20.1. The van der Waals surface area contributed by atoms with E-state index in [1.807, 2.05) is 47.9 Å². The van der Waals surface area contributed by atoms with Crippen molar-refractivity contribution >= 4 is 17.8 Å². The maximum absolute atomic E-state index is 12.8. The number of nitrogens with zero attached hydrogens (tertiary/aromatic N) is 2. The van der Waals surface area contributed by atoms with Crippen LogP contribution in [0.1, 0.15) is 48.5 Å². The smallest absolute Gasteiger partial charge is 0.309 e. The first kappa shape index (κ1) is 20.4. The van der Waals surface area contributed by atoms with E-state index < -0.39 is 0 Å². The van der Waals surface area contributed by atoms with E-state index in [1.54, 1.807) is 0 Å². The van der Waals surface area contributed by atoms with Crippen molar-refractivity contribution in [2.24, 2.45) is 11.8 Å². The molecular weight excluding hydrogens is 356 g/mol. The summed E-state index contributed by atoms with van der Waals surface area (Å²) in [5.74, 6) is -0.0393. The maximum Gasteiger partial charge on any atom is 0.309 e. The first-order valence-electron chi connectivity index (χ1n) is 10.3. The minimum absolute atomic E-state index is 0.0267. The van der Waals surface area contributed by atoms with Crippen molar-refractivity contribution in [1.29, 1.82) is 0 Å². The summed E-state index contributed by atoms with van der Waals surface area (Å²) >= 11 is 0. The molecule has 1 aromatic rings. The number of rotatable bonds is 4. The highest BCUT2D eigenvalue weighted by molar-refractivity contribution is 5.94. The van der Waals surface area contributed by atoms with Crippen molar-refractivity contribution in [2.45, 2.75) is 39.5 Å². The van der Waals surface area contributed by atoms with Gasteiger partial charge in [0.2, 0.25) is 5.91 Å². The molecule has 28 heavy (non-hydrogen) atoms. The Labute approximate surface area is 166 Å². The van der Waals surface area contributed by atoms with Gasteiger partial charge in [-0.2, -0.15) is 0 Å². The Balaban J connectivity index is 1.47. The van der Waals surface area contributed by atoms with Crippen LogP contribution in [-0.2, 0) is 14.3 Å². The lowest BCUT2D eigenvalue weighted by molar-refractivity contribution is -0.152. The Bertz CT molecular complexity index is 700. The fourth-order valence-corrected chi connectivity index (χ4v) is 4.06.